The number of rotatable bonds is 6. The summed E-state index contributed by atoms with van der Waals surface area (Å²) in [5.41, 5.74) is 0. The van der Waals surface area contributed by atoms with E-state index in [-0.39, 0.29) is 25.5 Å². The van der Waals surface area contributed by atoms with Crippen molar-refractivity contribution < 1.29 is 23.8 Å². The van der Waals surface area contributed by atoms with Crippen LogP contribution in [0, 0.1) is 0 Å². The van der Waals surface area contributed by atoms with E-state index in [1.807, 2.05) is 0 Å². The average Bonchev–Trinajstić information content (AvgIpc) is 2.16. The summed E-state index contributed by atoms with van der Waals surface area (Å²) in [6.45, 7) is 3.01. The first-order valence-electron chi connectivity index (χ1n) is 4.09. The SMILES string of the molecule is CCC(=O)OCOCOC(=O)CC. The van der Waals surface area contributed by atoms with Crippen LogP contribution in [0.5, 0.6) is 0 Å². The zero-order valence-corrected chi connectivity index (χ0v) is 7.87. The molecule has 0 bridgehead atoms. The van der Waals surface area contributed by atoms with Gasteiger partial charge >= 0.3 is 11.9 Å². The van der Waals surface area contributed by atoms with E-state index in [1.54, 1.807) is 13.8 Å². The molecule has 0 aliphatic rings. The minimum atomic E-state index is -0.346. The first-order chi connectivity index (χ1) is 6.20. The smallest absolute Gasteiger partial charge is 0.307 e. The molecule has 0 aromatic heterocycles. The van der Waals surface area contributed by atoms with Crippen molar-refractivity contribution in [1.82, 2.24) is 0 Å². The molecule has 0 N–H and O–H groups in total. The molecular weight excluding hydrogens is 176 g/mol. The van der Waals surface area contributed by atoms with Gasteiger partial charge in [-0.2, -0.15) is 0 Å². The highest BCUT2D eigenvalue weighted by Crippen LogP contribution is 1.88. The van der Waals surface area contributed by atoms with E-state index >= 15 is 0 Å². The molecule has 0 saturated heterocycles. The van der Waals surface area contributed by atoms with Crippen LogP contribution in [-0.2, 0) is 23.8 Å². The van der Waals surface area contributed by atoms with Gasteiger partial charge in [-0.15, -0.1) is 0 Å². The number of hydrogen-bond acceptors (Lipinski definition) is 5. The van der Waals surface area contributed by atoms with E-state index in [1.165, 1.54) is 0 Å². The molecule has 0 radical (unpaired) electrons. The summed E-state index contributed by atoms with van der Waals surface area (Å²) >= 11 is 0. The lowest BCUT2D eigenvalue weighted by Crippen LogP contribution is -2.11. The Kier molecular flexibility index (Phi) is 6.91. The maximum absolute atomic E-state index is 10.6. The van der Waals surface area contributed by atoms with Gasteiger partial charge in [0.05, 0.1) is 0 Å². The molecule has 0 saturated carbocycles. The van der Waals surface area contributed by atoms with Crippen LogP contribution in [0.25, 0.3) is 0 Å². The summed E-state index contributed by atoms with van der Waals surface area (Å²) in [5.74, 6) is -0.691. The summed E-state index contributed by atoms with van der Waals surface area (Å²) in [7, 11) is 0. The van der Waals surface area contributed by atoms with E-state index in [0.717, 1.165) is 0 Å². The lowest BCUT2D eigenvalue weighted by molar-refractivity contribution is -0.175. The van der Waals surface area contributed by atoms with Gasteiger partial charge in [-0.25, -0.2) is 0 Å². The maximum atomic E-state index is 10.6. The largest absolute Gasteiger partial charge is 0.438 e. The Bertz CT molecular complexity index is 148. The summed E-state index contributed by atoms with van der Waals surface area (Å²) in [6.07, 6.45) is 0.607. The fourth-order valence-corrected chi connectivity index (χ4v) is 0.453. The molecule has 0 atom stereocenters. The molecule has 0 spiro atoms. The first kappa shape index (κ1) is 11.9. The Morgan fingerprint density at radius 3 is 1.62 bits per heavy atom. The quantitative estimate of drug-likeness (QED) is 0.352. The van der Waals surface area contributed by atoms with Gasteiger partial charge in [0.25, 0.3) is 0 Å². The fourth-order valence-electron chi connectivity index (χ4n) is 0.453. The summed E-state index contributed by atoms with van der Waals surface area (Å²) < 4.78 is 13.8. The molecule has 0 aromatic rings. The van der Waals surface area contributed by atoms with Crippen LogP contribution in [0.15, 0.2) is 0 Å². The minimum absolute atomic E-state index is 0.177. The van der Waals surface area contributed by atoms with Crippen molar-refractivity contribution in [2.75, 3.05) is 13.6 Å². The minimum Gasteiger partial charge on any atom is -0.438 e. The van der Waals surface area contributed by atoms with Crippen LogP contribution in [-0.4, -0.2) is 25.5 Å². The second-order valence-electron chi connectivity index (χ2n) is 2.18. The molecule has 5 nitrogen and oxygen atoms in total. The molecule has 0 unspecified atom stereocenters. The number of esters is 2. The van der Waals surface area contributed by atoms with Gasteiger partial charge in [-0.1, -0.05) is 13.8 Å². The second-order valence-corrected chi connectivity index (χ2v) is 2.18. The summed E-state index contributed by atoms with van der Waals surface area (Å²) in [4.78, 5) is 21.1. The number of ether oxygens (including phenoxy) is 3. The second kappa shape index (κ2) is 7.54. The summed E-state index contributed by atoms with van der Waals surface area (Å²) in [5, 5.41) is 0. The van der Waals surface area contributed by atoms with Crippen LogP contribution in [0.3, 0.4) is 0 Å². The lowest BCUT2D eigenvalue weighted by atomic mass is 10.5. The van der Waals surface area contributed by atoms with Gasteiger partial charge in [-0.05, 0) is 0 Å². The zero-order chi connectivity index (χ0) is 10.1. The standard InChI is InChI=1S/C8H14O5/c1-3-7(9)12-5-11-6-13-8(10)4-2/h3-6H2,1-2H3. The number of carbonyl (C=O) groups excluding carboxylic acids is 2. The summed E-state index contributed by atoms with van der Waals surface area (Å²) in [6, 6.07) is 0. The van der Waals surface area contributed by atoms with Crippen LogP contribution in [0.2, 0.25) is 0 Å². The lowest BCUT2D eigenvalue weighted by Gasteiger charge is -2.05. The van der Waals surface area contributed by atoms with Crippen LogP contribution in [0.4, 0.5) is 0 Å². The molecule has 0 heterocycles. The van der Waals surface area contributed by atoms with Gasteiger partial charge in [-0.3, -0.25) is 9.59 Å². The van der Waals surface area contributed by atoms with Crippen molar-refractivity contribution in [3.63, 3.8) is 0 Å². The van der Waals surface area contributed by atoms with Gasteiger partial charge in [0.2, 0.25) is 0 Å². The van der Waals surface area contributed by atoms with Crippen molar-refractivity contribution >= 4 is 11.9 Å². The third kappa shape index (κ3) is 7.27. The van der Waals surface area contributed by atoms with Crippen molar-refractivity contribution in [2.24, 2.45) is 0 Å². The highest BCUT2D eigenvalue weighted by molar-refractivity contribution is 5.69. The molecule has 76 valence electrons. The van der Waals surface area contributed by atoms with E-state index in [4.69, 9.17) is 4.74 Å². The van der Waals surface area contributed by atoms with Crippen molar-refractivity contribution in [3.8, 4) is 0 Å². The Hall–Kier alpha value is -1.10. The molecule has 13 heavy (non-hydrogen) atoms. The van der Waals surface area contributed by atoms with Gasteiger partial charge < -0.3 is 14.2 Å². The van der Waals surface area contributed by atoms with E-state index in [9.17, 15) is 9.59 Å². The maximum Gasteiger partial charge on any atom is 0.307 e. The van der Waals surface area contributed by atoms with E-state index in [2.05, 4.69) is 9.47 Å². The molecule has 5 heteroatoms. The predicted octanol–water partition coefficient (Wildman–Crippen LogP) is 0.824. The van der Waals surface area contributed by atoms with E-state index < -0.39 is 0 Å². The molecule has 0 aliphatic carbocycles. The number of carbonyl (C=O) groups is 2. The predicted molar refractivity (Wildman–Crippen MR) is 43.6 cm³/mol. The van der Waals surface area contributed by atoms with Crippen LogP contribution >= 0.6 is 0 Å². The third-order valence-electron chi connectivity index (χ3n) is 1.18. The fraction of sp³-hybridized carbons (Fsp3) is 0.750. The zero-order valence-electron chi connectivity index (χ0n) is 7.87. The van der Waals surface area contributed by atoms with E-state index in [0.29, 0.717) is 12.8 Å². The Balaban J connectivity index is 3.17. The topological polar surface area (TPSA) is 61.8 Å². The Morgan fingerprint density at radius 2 is 1.31 bits per heavy atom. The third-order valence-corrected chi connectivity index (χ3v) is 1.18. The van der Waals surface area contributed by atoms with Crippen molar-refractivity contribution in [2.45, 2.75) is 26.7 Å². The molecule has 0 rings (SSSR count). The Morgan fingerprint density at radius 1 is 0.923 bits per heavy atom. The van der Waals surface area contributed by atoms with Crippen LogP contribution < -0.4 is 0 Å². The van der Waals surface area contributed by atoms with Crippen LogP contribution in [0.1, 0.15) is 26.7 Å². The molecule has 0 aliphatic heterocycles. The van der Waals surface area contributed by atoms with Crippen molar-refractivity contribution in [1.29, 1.82) is 0 Å². The molecule has 0 aromatic carbocycles. The molecule has 0 amide bonds. The van der Waals surface area contributed by atoms with Gasteiger partial charge in [0.15, 0.2) is 13.6 Å². The van der Waals surface area contributed by atoms with Crippen molar-refractivity contribution in [3.05, 3.63) is 0 Å². The first-order valence-corrected chi connectivity index (χ1v) is 4.09. The molecule has 0 fully saturated rings. The van der Waals surface area contributed by atoms with Gasteiger partial charge in [0, 0.05) is 12.8 Å². The monoisotopic (exact) mass is 190 g/mol. The normalized spacial score (nSPS) is 9.38. The Labute approximate surface area is 77.0 Å². The molecular formula is C8H14O5. The highest BCUT2D eigenvalue weighted by atomic mass is 16.7. The number of hydrogen-bond donors (Lipinski definition) is 0. The average molecular weight is 190 g/mol. The highest BCUT2D eigenvalue weighted by Gasteiger charge is 1.99. The van der Waals surface area contributed by atoms with Gasteiger partial charge in [0.1, 0.15) is 0 Å².